The summed E-state index contributed by atoms with van der Waals surface area (Å²) in [5.41, 5.74) is 1.07. The maximum atomic E-state index is 14.1. The summed E-state index contributed by atoms with van der Waals surface area (Å²) in [4.78, 5) is 71.2. The summed E-state index contributed by atoms with van der Waals surface area (Å²) < 4.78 is 7.08. The number of thioether (sulfide) groups is 1. The number of anilines is 1. The van der Waals surface area contributed by atoms with Gasteiger partial charge in [-0.1, -0.05) is 27.3 Å². The van der Waals surface area contributed by atoms with Crippen LogP contribution in [0, 0.1) is 39.7 Å². The first-order valence-corrected chi connectivity index (χ1v) is 17.9. The monoisotopic (exact) mass is 724 g/mol. The molecule has 8 rings (SSSR count). The Bertz CT molecular complexity index is 1840. The fourth-order valence-corrected chi connectivity index (χ4v) is 11.9. The number of H-pyrrole nitrogens is 1. The first kappa shape index (κ1) is 29.9. The number of nitro groups is 1. The number of nitrogens with zero attached hydrogens (tertiary/aromatic N) is 3. The molecule has 1 N–H and O–H groups in total. The number of aromatic amines is 1. The number of non-ortho nitro benzene ring substituents is 1. The number of benzene rings is 2. The van der Waals surface area contributed by atoms with Gasteiger partial charge in [-0.25, -0.2) is 0 Å². The number of fused-ring (bicyclic) bond motifs is 9. The predicted octanol–water partition coefficient (Wildman–Crippen LogP) is 5.18. The molecule has 7 atom stereocenters. The van der Waals surface area contributed by atoms with E-state index in [-0.39, 0.29) is 63.8 Å². The molecular weight excluding hydrogens is 696 g/mol. The van der Waals surface area contributed by atoms with E-state index in [4.69, 9.17) is 4.74 Å². The number of imide groups is 1. The van der Waals surface area contributed by atoms with Crippen molar-refractivity contribution >= 4 is 68.1 Å². The van der Waals surface area contributed by atoms with Crippen LogP contribution < -0.4 is 14.5 Å². The number of rotatable bonds is 6. The highest BCUT2D eigenvalue weighted by molar-refractivity contribution is 9.10. The quantitative estimate of drug-likeness (QED) is 0.208. The van der Waals surface area contributed by atoms with Gasteiger partial charge in [-0.15, -0.1) is 11.8 Å². The van der Waals surface area contributed by atoms with E-state index >= 15 is 0 Å². The van der Waals surface area contributed by atoms with E-state index in [0.29, 0.717) is 11.4 Å². The molecular formula is C32H29BrN4O7S2. The van der Waals surface area contributed by atoms with Crippen molar-refractivity contribution < 1.29 is 24.0 Å². The van der Waals surface area contributed by atoms with E-state index in [1.165, 1.54) is 29.2 Å². The summed E-state index contributed by atoms with van der Waals surface area (Å²) in [5, 5.41) is 12.0. The number of halogens is 1. The molecule has 4 heterocycles. The predicted molar refractivity (Wildman–Crippen MR) is 174 cm³/mol. The van der Waals surface area contributed by atoms with Crippen molar-refractivity contribution in [3.63, 3.8) is 0 Å². The van der Waals surface area contributed by atoms with Crippen molar-refractivity contribution in [1.82, 2.24) is 9.88 Å². The lowest BCUT2D eigenvalue weighted by atomic mass is 9.68. The number of ether oxygens (including phenoxy) is 1. The van der Waals surface area contributed by atoms with Crippen LogP contribution in [0.5, 0.6) is 5.75 Å². The topological polar surface area (TPSA) is 143 Å². The van der Waals surface area contributed by atoms with Gasteiger partial charge in [0.15, 0.2) is 6.61 Å². The van der Waals surface area contributed by atoms with Crippen LogP contribution in [0.3, 0.4) is 0 Å². The largest absolute Gasteiger partial charge is 0.483 e. The first-order chi connectivity index (χ1) is 22.2. The van der Waals surface area contributed by atoms with E-state index in [1.807, 2.05) is 23.1 Å². The number of aromatic nitrogens is 1. The van der Waals surface area contributed by atoms with Crippen LogP contribution in [0.4, 0.5) is 11.4 Å². The molecule has 2 saturated carbocycles. The van der Waals surface area contributed by atoms with Crippen molar-refractivity contribution in [2.75, 3.05) is 24.6 Å². The molecule has 2 saturated heterocycles. The van der Waals surface area contributed by atoms with Gasteiger partial charge in [-0.2, -0.15) is 0 Å². The molecule has 3 amide bonds. The highest BCUT2D eigenvalue weighted by Gasteiger charge is 2.70. The van der Waals surface area contributed by atoms with E-state index in [1.54, 1.807) is 11.8 Å². The first-order valence-electron chi connectivity index (χ1n) is 15.4. The average molecular weight is 726 g/mol. The minimum absolute atomic E-state index is 0.0237. The minimum atomic E-state index is -0.522. The average Bonchev–Trinajstić information content (AvgIpc) is 3.79. The van der Waals surface area contributed by atoms with Crippen molar-refractivity contribution in [2.24, 2.45) is 29.6 Å². The summed E-state index contributed by atoms with van der Waals surface area (Å²) in [7, 11) is 0. The molecule has 0 unspecified atom stereocenters. The molecule has 11 nitrogen and oxygen atoms in total. The number of nitro benzene ring substituents is 1. The summed E-state index contributed by atoms with van der Waals surface area (Å²) >= 11 is 6.38. The third kappa shape index (κ3) is 4.66. The number of hydrogen-bond acceptors (Lipinski definition) is 9. The van der Waals surface area contributed by atoms with Gasteiger partial charge in [0.05, 0.1) is 27.5 Å². The number of thiazole rings is 1. The molecule has 0 radical (unpaired) electrons. The lowest BCUT2D eigenvalue weighted by Gasteiger charge is -2.43. The zero-order chi connectivity index (χ0) is 31.9. The lowest BCUT2D eigenvalue weighted by Crippen LogP contribution is -2.43. The zero-order valence-corrected chi connectivity index (χ0v) is 27.6. The van der Waals surface area contributed by atoms with Crippen LogP contribution >= 0.6 is 39.0 Å². The molecule has 238 valence electrons. The Balaban J connectivity index is 1.15. The molecule has 0 spiro atoms. The number of carbonyl (C=O) groups excluding carboxylic acids is 3. The van der Waals surface area contributed by atoms with Crippen LogP contribution in [0.2, 0.25) is 0 Å². The van der Waals surface area contributed by atoms with E-state index in [0.717, 1.165) is 70.0 Å². The Hall–Kier alpha value is -3.49. The van der Waals surface area contributed by atoms with Crippen molar-refractivity contribution in [2.45, 2.75) is 41.9 Å². The third-order valence-corrected chi connectivity index (χ3v) is 13.5. The maximum Gasteiger partial charge on any atom is 0.305 e. The molecule has 46 heavy (non-hydrogen) atoms. The molecule has 14 heteroatoms. The Morgan fingerprint density at radius 1 is 1.02 bits per heavy atom. The van der Waals surface area contributed by atoms with Crippen molar-refractivity contribution in [3.8, 4) is 5.75 Å². The molecule has 2 aromatic carbocycles. The number of amides is 3. The third-order valence-electron chi connectivity index (χ3n) is 10.4. The van der Waals surface area contributed by atoms with Gasteiger partial charge in [0.1, 0.15) is 5.75 Å². The Kier molecular flexibility index (Phi) is 7.37. The second kappa shape index (κ2) is 11.3. The van der Waals surface area contributed by atoms with Gasteiger partial charge >= 0.3 is 4.87 Å². The summed E-state index contributed by atoms with van der Waals surface area (Å²) in [6, 6.07) is 11.2. The van der Waals surface area contributed by atoms with E-state index in [2.05, 4.69) is 20.9 Å². The molecule has 3 aromatic rings. The summed E-state index contributed by atoms with van der Waals surface area (Å²) in [6.07, 6.45) is 3.81. The highest BCUT2D eigenvalue weighted by atomic mass is 79.9. The van der Waals surface area contributed by atoms with E-state index in [9.17, 15) is 29.3 Å². The second-order valence-electron chi connectivity index (χ2n) is 12.7. The maximum absolute atomic E-state index is 14.1. The SMILES string of the molecule is O=C(COc1ccc(Br)cc1[C@@H]1c2sc(=O)[nH]c2S[C@@H]2[C@@H]3C[C@@H]([C@@H]4C(=O)N(c5ccc([N+](=O)[O-])cc5)C(=O)[C@@H]34)[C@H]12)N1CCCCC1. The molecule has 2 bridgehead atoms. The van der Waals surface area contributed by atoms with Gasteiger partial charge in [0.2, 0.25) is 11.8 Å². The molecule has 2 aliphatic carbocycles. The molecule has 5 aliphatic rings. The Labute approximate surface area is 280 Å². The van der Waals surface area contributed by atoms with Gasteiger partial charge in [0, 0.05) is 51.3 Å². The fraction of sp³-hybridized carbons (Fsp3) is 0.438. The van der Waals surface area contributed by atoms with Crippen LogP contribution in [0.15, 0.2) is 56.8 Å². The smallest absolute Gasteiger partial charge is 0.305 e. The molecule has 4 fully saturated rings. The van der Waals surface area contributed by atoms with Crippen LogP contribution in [-0.2, 0) is 14.4 Å². The van der Waals surface area contributed by atoms with Gasteiger partial charge in [-0.3, -0.25) is 34.2 Å². The fourth-order valence-electron chi connectivity index (χ4n) is 8.61. The summed E-state index contributed by atoms with van der Waals surface area (Å²) in [6.45, 7) is 1.37. The second-order valence-corrected chi connectivity index (χ2v) is 15.8. The minimum Gasteiger partial charge on any atom is -0.483 e. The lowest BCUT2D eigenvalue weighted by molar-refractivity contribution is -0.384. The number of hydrogen-bond donors (Lipinski definition) is 1. The molecule has 1 aromatic heterocycles. The van der Waals surface area contributed by atoms with Crippen molar-refractivity contribution in [3.05, 3.63) is 77.2 Å². The Morgan fingerprint density at radius 2 is 1.74 bits per heavy atom. The standard InChI is InChI=1S/C32H29BrN4O7S2/c33-15-4-9-21(44-14-22(38)35-10-2-1-3-11-35)18(12-15)23-24-19-13-20(27(24)45-29-28(23)46-32(41)34-29)26-25(19)30(39)36(31(26)40)16-5-7-17(8-6-16)37(42)43/h4-9,12,19-20,23-27H,1-3,10-11,13-14H2,(H,34,41)/t19-,20-,23+,24-,25+,26+,27-/m1/s1. The van der Waals surface area contributed by atoms with Crippen LogP contribution in [0.1, 0.15) is 42.0 Å². The van der Waals surface area contributed by atoms with Gasteiger partial charge in [-0.05, 0) is 73.8 Å². The van der Waals surface area contributed by atoms with Crippen LogP contribution in [0.25, 0.3) is 0 Å². The van der Waals surface area contributed by atoms with Gasteiger partial charge in [0.25, 0.3) is 11.6 Å². The van der Waals surface area contributed by atoms with Crippen molar-refractivity contribution in [1.29, 1.82) is 0 Å². The molecule has 3 aliphatic heterocycles. The van der Waals surface area contributed by atoms with Crippen LogP contribution in [-0.4, -0.2) is 57.5 Å². The Morgan fingerprint density at radius 3 is 2.46 bits per heavy atom. The highest BCUT2D eigenvalue weighted by Crippen LogP contribution is 2.69. The number of piperidine rings is 1. The number of carbonyl (C=O) groups is 3. The number of nitrogens with one attached hydrogen (secondary N) is 1. The summed E-state index contributed by atoms with van der Waals surface area (Å²) in [5.74, 6) is -1.58. The zero-order valence-electron chi connectivity index (χ0n) is 24.4. The van der Waals surface area contributed by atoms with E-state index < -0.39 is 16.8 Å². The van der Waals surface area contributed by atoms with Gasteiger partial charge < -0.3 is 14.6 Å². The normalized spacial score (nSPS) is 29.5. The number of likely N-dealkylation sites (tertiary alicyclic amines) is 1.